The van der Waals surface area contributed by atoms with E-state index in [2.05, 4.69) is 33.4 Å². The van der Waals surface area contributed by atoms with E-state index in [4.69, 9.17) is 4.74 Å². The van der Waals surface area contributed by atoms with E-state index in [0.29, 0.717) is 11.5 Å². The molecular formula is C15H18BrNO. The van der Waals surface area contributed by atoms with Crippen LogP contribution in [0.3, 0.4) is 0 Å². The molecule has 96 valence electrons. The van der Waals surface area contributed by atoms with Gasteiger partial charge in [-0.3, -0.25) is 0 Å². The topological polar surface area (TPSA) is 21.3 Å². The molecule has 1 saturated carbocycles. The van der Waals surface area contributed by atoms with Gasteiger partial charge >= 0.3 is 0 Å². The zero-order valence-electron chi connectivity index (χ0n) is 10.5. The van der Waals surface area contributed by atoms with Crippen LogP contribution in [0, 0.1) is 5.41 Å². The van der Waals surface area contributed by atoms with Gasteiger partial charge in [-0.15, -0.1) is 0 Å². The van der Waals surface area contributed by atoms with Crippen molar-refractivity contribution in [3.8, 4) is 0 Å². The van der Waals surface area contributed by atoms with Gasteiger partial charge < -0.3 is 10.1 Å². The van der Waals surface area contributed by atoms with Crippen LogP contribution in [-0.2, 0) is 17.8 Å². The summed E-state index contributed by atoms with van der Waals surface area (Å²) in [5, 5.41) is 3.73. The van der Waals surface area contributed by atoms with Crippen molar-refractivity contribution in [3.05, 3.63) is 33.3 Å². The normalized spacial score (nSPS) is 28.4. The van der Waals surface area contributed by atoms with Crippen LogP contribution in [0.2, 0.25) is 0 Å². The fourth-order valence-electron chi connectivity index (χ4n) is 3.48. The van der Waals surface area contributed by atoms with Gasteiger partial charge in [0.2, 0.25) is 0 Å². The molecular weight excluding hydrogens is 290 g/mol. The molecule has 1 aliphatic carbocycles. The van der Waals surface area contributed by atoms with Gasteiger partial charge in [-0.1, -0.05) is 15.9 Å². The fraction of sp³-hybridized carbons (Fsp3) is 0.600. The molecule has 0 bridgehead atoms. The Morgan fingerprint density at radius 2 is 2.22 bits per heavy atom. The predicted molar refractivity (Wildman–Crippen MR) is 74.5 cm³/mol. The zero-order chi connectivity index (χ0) is 12.2. The van der Waals surface area contributed by atoms with Crippen molar-refractivity contribution in [2.24, 2.45) is 5.41 Å². The second-order valence-electron chi connectivity index (χ2n) is 6.07. The van der Waals surface area contributed by atoms with Gasteiger partial charge in [-0.25, -0.2) is 0 Å². The first-order valence-corrected chi connectivity index (χ1v) is 7.67. The van der Waals surface area contributed by atoms with E-state index in [-0.39, 0.29) is 0 Å². The van der Waals surface area contributed by atoms with Crippen molar-refractivity contribution >= 4 is 15.9 Å². The highest BCUT2D eigenvalue weighted by molar-refractivity contribution is 9.10. The lowest BCUT2D eigenvalue weighted by atomic mass is 9.90. The molecule has 1 saturated heterocycles. The molecule has 3 heteroatoms. The van der Waals surface area contributed by atoms with Crippen LogP contribution in [-0.4, -0.2) is 13.2 Å². The largest absolute Gasteiger partial charge is 0.376 e. The lowest BCUT2D eigenvalue weighted by Crippen LogP contribution is -2.19. The molecule has 2 aliphatic heterocycles. The van der Waals surface area contributed by atoms with E-state index in [0.717, 1.165) is 19.6 Å². The third kappa shape index (κ3) is 1.84. The molecule has 1 aromatic carbocycles. The number of nitrogens with one attached hydrogen (secondary N) is 1. The van der Waals surface area contributed by atoms with E-state index < -0.39 is 0 Å². The molecule has 1 N–H and O–H groups in total. The highest BCUT2D eigenvalue weighted by Crippen LogP contribution is 2.55. The average molecular weight is 308 g/mol. The van der Waals surface area contributed by atoms with Crippen LogP contribution in [0.25, 0.3) is 0 Å². The molecule has 4 rings (SSSR count). The monoisotopic (exact) mass is 307 g/mol. The zero-order valence-corrected chi connectivity index (χ0v) is 12.1. The van der Waals surface area contributed by atoms with E-state index in [1.807, 2.05) is 0 Å². The molecule has 0 aromatic heterocycles. The van der Waals surface area contributed by atoms with Crippen molar-refractivity contribution in [1.29, 1.82) is 0 Å². The summed E-state index contributed by atoms with van der Waals surface area (Å²) in [6.45, 7) is 2.87. The van der Waals surface area contributed by atoms with Crippen LogP contribution in [0.1, 0.15) is 42.0 Å². The predicted octanol–water partition coefficient (Wildman–Crippen LogP) is 3.34. The molecule has 0 amide bonds. The number of rotatable bonds is 1. The average Bonchev–Trinajstić information content (AvgIpc) is 2.99. The van der Waals surface area contributed by atoms with Crippen molar-refractivity contribution in [2.45, 2.75) is 38.3 Å². The van der Waals surface area contributed by atoms with Crippen LogP contribution in [0.4, 0.5) is 0 Å². The lowest BCUT2D eigenvalue weighted by Gasteiger charge is -2.23. The fourth-order valence-corrected chi connectivity index (χ4v) is 4.00. The number of benzene rings is 1. The first kappa shape index (κ1) is 11.4. The van der Waals surface area contributed by atoms with Crippen molar-refractivity contribution in [1.82, 2.24) is 5.32 Å². The van der Waals surface area contributed by atoms with Gasteiger partial charge in [0.05, 0.1) is 13.2 Å². The summed E-state index contributed by atoms with van der Waals surface area (Å²) in [5.74, 6) is 0. The summed E-state index contributed by atoms with van der Waals surface area (Å²) >= 11 is 3.66. The van der Waals surface area contributed by atoms with Crippen LogP contribution in [0.15, 0.2) is 16.6 Å². The number of halogens is 1. The summed E-state index contributed by atoms with van der Waals surface area (Å²) < 4.78 is 6.88. The van der Waals surface area contributed by atoms with Crippen molar-refractivity contribution in [3.63, 3.8) is 0 Å². The van der Waals surface area contributed by atoms with Gasteiger partial charge in [0.15, 0.2) is 0 Å². The lowest BCUT2D eigenvalue weighted by molar-refractivity contribution is 0.109. The summed E-state index contributed by atoms with van der Waals surface area (Å²) in [4.78, 5) is 0. The first-order chi connectivity index (χ1) is 8.76. The molecule has 1 aromatic rings. The highest BCUT2D eigenvalue weighted by Gasteiger charge is 2.48. The molecule has 1 spiro atoms. The quantitative estimate of drug-likeness (QED) is 0.859. The number of hydrogen-bond donors (Lipinski definition) is 1. The molecule has 1 atom stereocenters. The molecule has 2 heterocycles. The van der Waals surface area contributed by atoms with E-state index >= 15 is 0 Å². The second kappa shape index (κ2) is 4.06. The van der Waals surface area contributed by atoms with Crippen LogP contribution in [0.5, 0.6) is 0 Å². The Morgan fingerprint density at radius 1 is 1.33 bits per heavy atom. The molecule has 3 aliphatic rings. The molecule has 2 nitrogen and oxygen atoms in total. The van der Waals surface area contributed by atoms with Gasteiger partial charge in [0.25, 0.3) is 0 Å². The van der Waals surface area contributed by atoms with E-state index in [1.165, 1.54) is 47.0 Å². The van der Waals surface area contributed by atoms with E-state index in [9.17, 15) is 0 Å². The van der Waals surface area contributed by atoms with Gasteiger partial charge in [0.1, 0.15) is 0 Å². The Labute approximate surface area is 116 Å². The maximum Gasteiger partial charge on any atom is 0.0722 e. The van der Waals surface area contributed by atoms with Crippen molar-refractivity contribution < 1.29 is 4.74 Å². The second-order valence-corrected chi connectivity index (χ2v) is 6.99. The van der Waals surface area contributed by atoms with Crippen LogP contribution >= 0.6 is 15.9 Å². The van der Waals surface area contributed by atoms with E-state index in [1.54, 1.807) is 0 Å². The standard InChI is InChI=1S/C15H18BrNO/c16-11-5-10-1-4-18-8-13(10)12(6-11)14-7-15(2-3-15)9-17-14/h5-6,14,17H,1-4,7-9H2. The maximum absolute atomic E-state index is 5.66. The van der Waals surface area contributed by atoms with Gasteiger partial charge in [-0.05, 0) is 59.9 Å². The Morgan fingerprint density at radius 3 is 3.00 bits per heavy atom. The molecule has 18 heavy (non-hydrogen) atoms. The van der Waals surface area contributed by atoms with Crippen molar-refractivity contribution in [2.75, 3.05) is 13.2 Å². The third-order valence-corrected chi connectivity index (χ3v) is 5.25. The van der Waals surface area contributed by atoms with Crippen LogP contribution < -0.4 is 5.32 Å². The minimum Gasteiger partial charge on any atom is -0.376 e. The Kier molecular flexibility index (Phi) is 2.58. The summed E-state index contributed by atoms with van der Waals surface area (Å²) in [7, 11) is 0. The molecule has 0 radical (unpaired) electrons. The van der Waals surface area contributed by atoms with Gasteiger partial charge in [-0.2, -0.15) is 0 Å². The number of fused-ring (bicyclic) bond motifs is 1. The Bertz CT molecular complexity index is 496. The Balaban J connectivity index is 1.73. The highest BCUT2D eigenvalue weighted by atomic mass is 79.9. The maximum atomic E-state index is 5.66. The first-order valence-electron chi connectivity index (χ1n) is 6.88. The summed E-state index contributed by atoms with van der Waals surface area (Å²) in [5.41, 5.74) is 5.04. The summed E-state index contributed by atoms with van der Waals surface area (Å²) in [6.07, 6.45) is 5.21. The number of hydrogen-bond acceptors (Lipinski definition) is 2. The Hall–Kier alpha value is -0.380. The smallest absolute Gasteiger partial charge is 0.0722 e. The van der Waals surface area contributed by atoms with Gasteiger partial charge in [0, 0.05) is 17.1 Å². The number of ether oxygens (including phenoxy) is 1. The SMILES string of the molecule is Brc1cc2c(c(C3CC4(CC4)CN3)c1)COCC2. The summed E-state index contributed by atoms with van der Waals surface area (Å²) in [6, 6.07) is 5.11. The minimum absolute atomic E-state index is 0.542. The minimum atomic E-state index is 0.542. The molecule has 1 unspecified atom stereocenters. The molecule has 2 fully saturated rings. The third-order valence-electron chi connectivity index (χ3n) is 4.80.